The normalized spacial score (nSPS) is 10.3. The average molecular weight is 315 g/mol. The second kappa shape index (κ2) is 8.38. The van der Waals surface area contributed by atoms with Gasteiger partial charge in [-0.25, -0.2) is 9.13 Å². The molecule has 0 aromatic carbocycles. The second-order valence-corrected chi connectivity index (χ2v) is 3.68. The summed E-state index contributed by atoms with van der Waals surface area (Å²) in [5.74, 6) is 0. The molecule has 7 nitrogen and oxygen atoms in total. The van der Waals surface area contributed by atoms with Gasteiger partial charge in [0.15, 0.2) is 0 Å². The van der Waals surface area contributed by atoms with E-state index in [4.69, 9.17) is 19.6 Å². The Hall–Kier alpha value is 2.07. The summed E-state index contributed by atoms with van der Waals surface area (Å²) in [6.07, 6.45) is 0. The van der Waals surface area contributed by atoms with Crippen molar-refractivity contribution in [3.63, 3.8) is 0 Å². The van der Waals surface area contributed by atoms with E-state index >= 15 is 0 Å². The molecule has 0 atom stereocenters. The molecule has 0 aromatic heterocycles. The van der Waals surface area contributed by atoms with Crippen molar-refractivity contribution in [3.05, 3.63) is 0 Å². The van der Waals surface area contributed by atoms with Crippen LogP contribution in [0.3, 0.4) is 0 Å². The van der Waals surface area contributed by atoms with Crippen molar-refractivity contribution in [1.82, 2.24) is 0 Å². The van der Waals surface area contributed by atoms with Crippen molar-refractivity contribution in [2.75, 3.05) is 0 Å². The second-order valence-electron chi connectivity index (χ2n) is 1.06. The zero-order chi connectivity index (χ0) is 7.71. The van der Waals surface area contributed by atoms with Crippen LogP contribution in [0, 0.1) is 0 Å². The van der Waals surface area contributed by atoms with E-state index in [2.05, 4.69) is 4.31 Å². The molecule has 0 aliphatic carbocycles. The Morgan fingerprint density at radius 3 is 1.08 bits per heavy atom. The largest absolute Gasteiger partial charge is 0.478 e. The van der Waals surface area contributed by atoms with E-state index in [-0.39, 0.29) is 57.2 Å². The fourth-order valence-electron chi connectivity index (χ4n) is 0.139. The van der Waals surface area contributed by atoms with Crippen LogP contribution in [0.5, 0.6) is 0 Å². The summed E-state index contributed by atoms with van der Waals surface area (Å²) < 4.78 is 22.2. The Kier molecular flexibility index (Phi) is 16.5. The van der Waals surface area contributed by atoms with Gasteiger partial charge in [-0.1, -0.05) is 0 Å². The summed E-state index contributed by atoms with van der Waals surface area (Å²) >= 11 is 0. The topological polar surface area (TPSA) is 124 Å². The van der Waals surface area contributed by atoms with Gasteiger partial charge >= 0.3 is 38.7 Å². The maximum Gasteiger partial charge on any atom is 0.478 e. The van der Waals surface area contributed by atoms with Crippen molar-refractivity contribution >= 4 is 38.7 Å². The minimum atomic E-state index is -5.05. The third kappa shape index (κ3) is 22.7. The molecule has 0 fully saturated rings. The molecular formula is H6FeMgMnO7P2. The average Bonchev–Trinajstić information content (AvgIpc) is 1.14. The minimum Gasteiger partial charge on any atom is -0.302 e. The molecule has 0 amide bonds. The van der Waals surface area contributed by atoms with Gasteiger partial charge in [-0.05, 0) is 0 Å². The molecule has 0 unspecified atom stereocenters. The Morgan fingerprint density at radius 2 is 1.08 bits per heavy atom. The van der Waals surface area contributed by atoms with Crippen molar-refractivity contribution in [1.29, 1.82) is 0 Å². The first-order valence-corrected chi connectivity index (χ1v) is 4.59. The molecule has 0 heterocycles. The Labute approximate surface area is 105 Å². The zero-order valence-corrected chi connectivity index (χ0v) is 8.71. The van der Waals surface area contributed by atoms with Crippen molar-refractivity contribution in [2.24, 2.45) is 0 Å². The van der Waals surface area contributed by atoms with Gasteiger partial charge in [-0.2, -0.15) is 4.31 Å². The van der Waals surface area contributed by atoms with E-state index in [1.54, 1.807) is 0 Å². The van der Waals surface area contributed by atoms with Crippen LogP contribution in [0.1, 0.15) is 0 Å². The Balaban J connectivity index is -0.000000107. The van der Waals surface area contributed by atoms with Gasteiger partial charge in [0.05, 0.1) is 0 Å². The smallest absolute Gasteiger partial charge is 0.302 e. The van der Waals surface area contributed by atoms with Crippen LogP contribution in [0.25, 0.3) is 0 Å². The van der Waals surface area contributed by atoms with Crippen LogP contribution in [-0.4, -0.2) is 42.6 Å². The number of rotatable bonds is 2. The molecule has 0 bridgehead atoms. The fourth-order valence-corrected chi connectivity index (χ4v) is 1.25. The van der Waals surface area contributed by atoms with Crippen molar-refractivity contribution in [2.45, 2.75) is 0 Å². The number of hydrogen-bond donors (Lipinski definition) is 4. The quantitative estimate of drug-likeness (QED) is 0.352. The Bertz CT molecular complexity index is 162. The van der Waals surface area contributed by atoms with Crippen LogP contribution in [-0.2, 0) is 47.6 Å². The molecule has 0 saturated heterocycles. The number of phosphoric acid groups is 2. The maximum absolute atomic E-state index is 9.63. The molecule has 75 valence electrons. The number of hydrogen-bond acceptors (Lipinski definition) is 3. The summed E-state index contributed by atoms with van der Waals surface area (Å²) in [7, 11) is -10.1. The van der Waals surface area contributed by atoms with E-state index in [0.29, 0.717) is 0 Å². The van der Waals surface area contributed by atoms with Crippen LogP contribution < -0.4 is 0 Å². The van der Waals surface area contributed by atoms with Gasteiger partial charge in [0, 0.05) is 34.1 Å². The summed E-state index contributed by atoms with van der Waals surface area (Å²) in [4.78, 5) is 31.0. The molecular weight excluding hydrogens is 309 g/mol. The SMILES string of the molecule is O=P(O)(O)OP(=O)(O)O.[Fe].[MgH2].[Mn]. The zero-order valence-electron chi connectivity index (χ0n) is 4.64. The van der Waals surface area contributed by atoms with Gasteiger partial charge in [0.2, 0.25) is 0 Å². The fraction of sp³-hybridized carbons (Fsp3) is 0. The van der Waals surface area contributed by atoms with Gasteiger partial charge in [-0.3, -0.25) is 0 Å². The van der Waals surface area contributed by atoms with Crippen LogP contribution in [0.2, 0.25) is 0 Å². The molecule has 0 spiro atoms. The monoisotopic (exact) mass is 315 g/mol. The van der Waals surface area contributed by atoms with E-state index in [0.717, 1.165) is 0 Å². The first-order chi connectivity index (χ1) is 3.71. The third-order valence-electron chi connectivity index (χ3n) is 0.213. The molecule has 0 saturated carbocycles. The van der Waals surface area contributed by atoms with Gasteiger partial charge in [0.1, 0.15) is 0 Å². The summed E-state index contributed by atoms with van der Waals surface area (Å²) in [6, 6.07) is 0. The first kappa shape index (κ1) is 23.7. The molecule has 0 aromatic rings. The van der Waals surface area contributed by atoms with Gasteiger partial charge in [-0.15, -0.1) is 0 Å². The molecule has 12 heteroatoms. The summed E-state index contributed by atoms with van der Waals surface area (Å²) in [5, 5.41) is 0. The van der Waals surface area contributed by atoms with Crippen LogP contribution >= 0.6 is 15.6 Å². The molecule has 0 aliphatic heterocycles. The molecule has 4 N–H and O–H groups in total. The van der Waals surface area contributed by atoms with E-state index in [9.17, 15) is 9.13 Å². The van der Waals surface area contributed by atoms with Crippen LogP contribution in [0.15, 0.2) is 0 Å². The minimum absolute atomic E-state index is 0. The maximum atomic E-state index is 9.63. The van der Waals surface area contributed by atoms with Crippen molar-refractivity contribution in [3.8, 4) is 0 Å². The summed E-state index contributed by atoms with van der Waals surface area (Å²) in [5.41, 5.74) is 0. The predicted octanol–water partition coefficient (Wildman–Crippen LogP) is -1.73. The molecule has 12 heavy (non-hydrogen) atoms. The van der Waals surface area contributed by atoms with E-state index in [1.165, 1.54) is 0 Å². The molecule has 1 radical (unpaired) electrons. The summed E-state index contributed by atoms with van der Waals surface area (Å²) in [6.45, 7) is 0. The van der Waals surface area contributed by atoms with Crippen molar-refractivity contribution < 1.29 is 67.2 Å². The van der Waals surface area contributed by atoms with Gasteiger partial charge < -0.3 is 19.6 Å². The van der Waals surface area contributed by atoms with E-state index in [1.807, 2.05) is 0 Å². The first-order valence-electron chi connectivity index (χ1n) is 1.53. The van der Waals surface area contributed by atoms with E-state index < -0.39 is 15.6 Å². The molecule has 0 aliphatic rings. The molecule has 0 rings (SSSR count). The standard InChI is InChI=1S/Fe.Mg.Mn.H4O7P2.2H/c;;;1-8(2,3)7-9(4,5)6;;/h;;;(H2,1,2,3)(H2,4,5,6);;. The van der Waals surface area contributed by atoms with Crippen LogP contribution in [0.4, 0.5) is 0 Å². The third-order valence-corrected chi connectivity index (χ3v) is 1.91. The van der Waals surface area contributed by atoms with Gasteiger partial charge in [0.25, 0.3) is 0 Å². The Morgan fingerprint density at radius 1 is 0.917 bits per heavy atom. The predicted molar refractivity (Wildman–Crippen MR) is 33.7 cm³/mol.